The quantitative estimate of drug-likeness (QED) is 0.0782. The van der Waals surface area contributed by atoms with E-state index in [1.807, 2.05) is 22.7 Å². The number of thioether (sulfide) groups is 2. The summed E-state index contributed by atoms with van der Waals surface area (Å²) in [7, 11) is 0. The molecule has 0 aromatic carbocycles. The minimum absolute atomic E-state index is 0.570. The Morgan fingerprint density at radius 3 is 1.04 bits per heavy atom. The van der Waals surface area contributed by atoms with Crippen molar-refractivity contribution in [2.24, 2.45) is 0 Å². The Labute approximate surface area is 329 Å². The molecule has 0 aliphatic carbocycles. The highest BCUT2D eigenvalue weighted by Gasteiger charge is 2.36. The van der Waals surface area contributed by atoms with Crippen molar-refractivity contribution in [3.63, 3.8) is 0 Å². The zero-order chi connectivity index (χ0) is 33.8. The Hall–Kier alpha value is 0.540. The molecule has 2 aromatic rings. The van der Waals surface area contributed by atoms with Crippen LogP contribution in [0.25, 0.3) is 9.81 Å². The van der Waals surface area contributed by atoms with Crippen LogP contribution in [0.3, 0.4) is 0 Å². The molecule has 2 unspecified atom stereocenters. The fraction of sp³-hybridized carbons (Fsp3) is 0.714. The molecule has 0 radical (unpaired) electrons. The second-order valence-corrected chi connectivity index (χ2v) is 21.6. The summed E-state index contributed by atoms with van der Waals surface area (Å²) in [5.41, 5.74) is 3.14. The number of thiophene rings is 2. The average molecular weight is 857 g/mol. The van der Waals surface area contributed by atoms with Gasteiger partial charge in [-0.15, -0.1) is 46.2 Å². The number of aryl methyl sites for hydroxylation is 2. The highest BCUT2D eigenvalue weighted by atomic mass is 79.9. The third-order valence-corrected chi connectivity index (χ3v) is 16.5. The van der Waals surface area contributed by atoms with Crippen LogP contribution in [0.4, 0.5) is 0 Å². The number of unbranched alkanes of at least 4 members (excludes halogenated alkanes) is 22. The lowest BCUT2D eigenvalue weighted by Gasteiger charge is -2.07. The number of hydrogen-bond donors (Lipinski definition) is 0. The molecule has 0 N–H and O–H groups in total. The van der Waals surface area contributed by atoms with Gasteiger partial charge in [-0.25, -0.2) is 0 Å². The Morgan fingerprint density at radius 2 is 0.729 bits per heavy atom. The second-order valence-electron chi connectivity index (χ2n) is 14.3. The van der Waals surface area contributed by atoms with E-state index < -0.39 is 0 Å². The number of rotatable bonds is 28. The van der Waals surface area contributed by atoms with Gasteiger partial charge in [-0.3, -0.25) is 0 Å². The highest BCUT2D eigenvalue weighted by Crippen LogP contribution is 2.56. The van der Waals surface area contributed by atoms with E-state index in [0.717, 1.165) is 0 Å². The van der Waals surface area contributed by atoms with Gasteiger partial charge in [-0.1, -0.05) is 167 Å². The van der Waals surface area contributed by atoms with E-state index in [2.05, 4.69) is 93.5 Å². The van der Waals surface area contributed by atoms with Crippen molar-refractivity contribution in [1.29, 1.82) is 0 Å². The standard InChI is InChI=1S/C42H64Br2S4/c1-3-5-7-9-11-13-15-17-19-21-23-25-27-33-29-39(43)47-41(33)37-31-35-36(45-37)32-38(46-35)42-34(30-40(44)48-42)28-26-24-22-20-18-16-14-12-10-8-6-4-2/h29-32,35-36H,3-28H2,1-2H3. The van der Waals surface area contributed by atoms with Gasteiger partial charge in [-0.2, -0.15) is 0 Å². The van der Waals surface area contributed by atoms with E-state index in [1.165, 1.54) is 194 Å². The monoisotopic (exact) mass is 854 g/mol. The third-order valence-electron chi connectivity index (χ3n) is 10.1. The summed E-state index contributed by atoms with van der Waals surface area (Å²) in [6, 6.07) is 4.82. The lowest BCUT2D eigenvalue weighted by molar-refractivity contribution is 0.544. The van der Waals surface area contributed by atoms with Crippen LogP contribution in [0.15, 0.2) is 31.9 Å². The topological polar surface area (TPSA) is 0 Å². The van der Waals surface area contributed by atoms with Crippen molar-refractivity contribution < 1.29 is 0 Å². The smallest absolute Gasteiger partial charge is 0.0708 e. The van der Waals surface area contributed by atoms with Crippen molar-refractivity contribution in [1.82, 2.24) is 0 Å². The van der Waals surface area contributed by atoms with Crippen LogP contribution in [0.1, 0.15) is 189 Å². The first-order valence-electron chi connectivity index (χ1n) is 19.9. The number of fused-ring (bicyclic) bond motifs is 1. The predicted octanol–water partition coefficient (Wildman–Crippen LogP) is 17.4. The van der Waals surface area contributed by atoms with Crippen LogP contribution >= 0.6 is 78.1 Å². The first-order chi connectivity index (χ1) is 23.6. The zero-order valence-corrected chi connectivity index (χ0v) is 36.7. The normalized spacial score (nSPS) is 17.3. The van der Waals surface area contributed by atoms with E-state index >= 15 is 0 Å². The predicted molar refractivity (Wildman–Crippen MR) is 232 cm³/mol. The van der Waals surface area contributed by atoms with Gasteiger partial charge >= 0.3 is 0 Å². The van der Waals surface area contributed by atoms with Gasteiger partial charge in [0.05, 0.1) is 7.57 Å². The van der Waals surface area contributed by atoms with Gasteiger partial charge in [0, 0.05) is 30.1 Å². The molecule has 0 saturated carbocycles. The van der Waals surface area contributed by atoms with Crippen molar-refractivity contribution in [2.45, 2.75) is 191 Å². The van der Waals surface area contributed by atoms with E-state index in [-0.39, 0.29) is 0 Å². The van der Waals surface area contributed by atoms with Crippen LogP contribution in [-0.2, 0) is 12.8 Å². The maximum Gasteiger partial charge on any atom is 0.0708 e. The van der Waals surface area contributed by atoms with E-state index in [4.69, 9.17) is 0 Å². The van der Waals surface area contributed by atoms with E-state index in [1.54, 1.807) is 11.1 Å². The van der Waals surface area contributed by atoms with Crippen molar-refractivity contribution in [2.75, 3.05) is 0 Å². The molecule has 2 aromatic heterocycles. The molecule has 4 heterocycles. The number of hydrogen-bond acceptors (Lipinski definition) is 4. The molecule has 0 spiro atoms. The largest absolute Gasteiger partial charge is 0.127 e. The van der Waals surface area contributed by atoms with Crippen LogP contribution < -0.4 is 0 Å². The molecule has 0 fully saturated rings. The molecule has 0 saturated heterocycles. The van der Waals surface area contributed by atoms with E-state index in [0.29, 0.717) is 10.5 Å². The average Bonchev–Trinajstić information content (AvgIpc) is 3.84. The van der Waals surface area contributed by atoms with Crippen LogP contribution in [0.5, 0.6) is 0 Å². The molecule has 6 heteroatoms. The maximum absolute atomic E-state index is 3.83. The molecule has 2 aliphatic rings. The summed E-state index contributed by atoms with van der Waals surface area (Å²) in [6.45, 7) is 4.61. The highest BCUT2D eigenvalue weighted by molar-refractivity contribution is 9.11. The molecule has 0 bridgehead atoms. The van der Waals surface area contributed by atoms with Crippen LogP contribution in [0, 0.1) is 0 Å². The van der Waals surface area contributed by atoms with Crippen molar-refractivity contribution in [3.8, 4) is 0 Å². The molecule has 2 atom stereocenters. The lowest BCUT2D eigenvalue weighted by Crippen LogP contribution is -2.04. The molecule has 48 heavy (non-hydrogen) atoms. The van der Waals surface area contributed by atoms with Crippen molar-refractivity contribution >= 4 is 87.9 Å². The van der Waals surface area contributed by atoms with Gasteiger partial charge in [0.25, 0.3) is 0 Å². The molecule has 4 rings (SSSR count). The van der Waals surface area contributed by atoms with Crippen molar-refractivity contribution in [3.05, 3.63) is 52.7 Å². The van der Waals surface area contributed by atoms with Gasteiger partial charge < -0.3 is 0 Å². The first-order valence-corrected chi connectivity index (χ1v) is 24.9. The number of halogens is 2. The molecule has 0 amide bonds. The maximum atomic E-state index is 3.83. The Morgan fingerprint density at radius 1 is 0.438 bits per heavy atom. The van der Waals surface area contributed by atoms with Gasteiger partial charge in [-0.05, 0) is 80.8 Å². The summed E-state index contributed by atoms with van der Waals surface area (Å²) < 4.78 is 2.58. The summed E-state index contributed by atoms with van der Waals surface area (Å²) >= 11 is 15.8. The fourth-order valence-corrected chi connectivity index (χ4v) is 13.8. The Bertz CT molecular complexity index is 1130. The summed E-state index contributed by atoms with van der Waals surface area (Å²) in [4.78, 5) is 6.13. The molecular formula is C42H64Br2S4. The van der Waals surface area contributed by atoms with Crippen LogP contribution in [-0.4, -0.2) is 10.5 Å². The van der Waals surface area contributed by atoms with Crippen LogP contribution in [0.2, 0.25) is 0 Å². The Balaban J connectivity index is 1.13. The van der Waals surface area contributed by atoms with Gasteiger partial charge in [0.2, 0.25) is 0 Å². The molecule has 2 aliphatic heterocycles. The Kier molecular flexibility index (Phi) is 21.3. The minimum Gasteiger partial charge on any atom is -0.127 e. The van der Waals surface area contributed by atoms with Gasteiger partial charge in [0.15, 0.2) is 0 Å². The van der Waals surface area contributed by atoms with Gasteiger partial charge in [0.1, 0.15) is 0 Å². The summed E-state index contributed by atoms with van der Waals surface area (Å²) in [5.74, 6) is 0. The molecule has 0 nitrogen and oxygen atoms in total. The SMILES string of the molecule is CCCCCCCCCCCCCCc1cc(Br)sc1C1=CC2SC(c3sc(Br)cc3CCCCCCCCCCCCCC)=CC2S1. The summed E-state index contributed by atoms with van der Waals surface area (Å²) in [5, 5.41) is 1.14. The lowest BCUT2D eigenvalue weighted by atomic mass is 10.0. The molecule has 270 valence electrons. The fourth-order valence-electron chi connectivity index (χ4n) is 7.21. The summed E-state index contributed by atoms with van der Waals surface area (Å²) in [6.07, 6.45) is 41.6. The second kappa shape index (κ2) is 24.7. The molecular weight excluding hydrogens is 793 g/mol. The first kappa shape index (κ1) is 41.3. The minimum atomic E-state index is 0.570. The third kappa shape index (κ3) is 14.9. The zero-order valence-electron chi connectivity index (χ0n) is 30.2. The van der Waals surface area contributed by atoms with E-state index in [9.17, 15) is 0 Å².